The van der Waals surface area contributed by atoms with E-state index in [0.717, 1.165) is 16.0 Å². The Balaban J connectivity index is 1.62. The molecule has 0 aliphatic rings. The number of aromatic amines is 1. The first-order chi connectivity index (χ1) is 13.7. The highest BCUT2D eigenvalue weighted by atomic mass is 32.2. The van der Waals surface area contributed by atoms with E-state index in [2.05, 4.69) is 20.4 Å². The minimum atomic E-state index is -0.355. The van der Waals surface area contributed by atoms with Gasteiger partial charge >= 0.3 is 0 Å². The van der Waals surface area contributed by atoms with Gasteiger partial charge in [0.15, 0.2) is 5.78 Å². The van der Waals surface area contributed by atoms with Gasteiger partial charge in [0.25, 0.3) is 0 Å². The third kappa shape index (κ3) is 4.04. The van der Waals surface area contributed by atoms with E-state index in [1.165, 1.54) is 11.8 Å². The SMILES string of the molecule is Nc1cc(SC(C(=O)CCc2ccccc2)c2ccccc2)c2n[nH]nc2n1. The number of benzene rings is 2. The van der Waals surface area contributed by atoms with Crippen LogP contribution in [0.2, 0.25) is 0 Å². The number of nitrogen functional groups attached to an aromatic ring is 1. The molecule has 1 unspecified atom stereocenters. The number of Topliss-reactive ketones (excluding diaryl/α,β-unsaturated/α-hetero) is 1. The number of H-pyrrole nitrogens is 1. The average molecular weight is 389 g/mol. The summed E-state index contributed by atoms with van der Waals surface area (Å²) in [7, 11) is 0. The Morgan fingerprint density at radius 3 is 2.50 bits per heavy atom. The van der Waals surface area contributed by atoms with Gasteiger partial charge in [-0.15, -0.1) is 16.9 Å². The zero-order chi connectivity index (χ0) is 19.3. The fraction of sp³-hybridized carbons (Fsp3) is 0.143. The number of thioether (sulfide) groups is 1. The Hall–Kier alpha value is -3.19. The molecule has 0 spiro atoms. The van der Waals surface area contributed by atoms with Crippen molar-refractivity contribution in [3.05, 3.63) is 77.9 Å². The van der Waals surface area contributed by atoms with E-state index < -0.39 is 0 Å². The molecule has 0 bridgehead atoms. The molecule has 0 saturated carbocycles. The first kappa shape index (κ1) is 18.2. The summed E-state index contributed by atoms with van der Waals surface area (Å²) in [5.74, 6) is 0.513. The molecule has 3 N–H and O–H groups in total. The van der Waals surface area contributed by atoms with Gasteiger partial charge < -0.3 is 5.73 Å². The number of anilines is 1. The van der Waals surface area contributed by atoms with Crippen molar-refractivity contribution in [2.75, 3.05) is 5.73 Å². The zero-order valence-corrected chi connectivity index (χ0v) is 15.9. The Morgan fingerprint density at radius 2 is 1.75 bits per heavy atom. The second-order valence-corrected chi connectivity index (χ2v) is 7.55. The quantitative estimate of drug-likeness (QED) is 0.464. The van der Waals surface area contributed by atoms with Crippen LogP contribution in [0.3, 0.4) is 0 Å². The number of carbonyl (C=O) groups excluding carboxylic acids is 1. The number of aromatic nitrogens is 4. The minimum Gasteiger partial charge on any atom is -0.384 e. The molecule has 28 heavy (non-hydrogen) atoms. The third-order valence-corrected chi connectivity index (χ3v) is 5.76. The van der Waals surface area contributed by atoms with Crippen LogP contribution < -0.4 is 5.73 Å². The lowest BCUT2D eigenvalue weighted by Gasteiger charge is -2.16. The molecule has 2 aromatic heterocycles. The van der Waals surface area contributed by atoms with Crippen molar-refractivity contribution in [1.29, 1.82) is 0 Å². The molecule has 0 radical (unpaired) electrons. The molecular formula is C21H19N5OS. The van der Waals surface area contributed by atoms with Crippen molar-refractivity contribution in [3.63, 3.8) is 0 Å². The number of pyridine rings is 1. The molecule has 0 saturated heterocycles. The molecule has 4 rings (SSSR count). The fourth-order valence-electron chi connectivity index (χ4n) is 3.03. The Bertz CT molecular complexity index is 1080. The molecule has 0 fully saturated rings. The van der Waals surface area contributed by atoms with Crippen LogP contribution in [-0.4, -0.2) is 26.2 Å². The van der Waals surface area contributed by atoms with Crippen LogP contribution in [0.5, 0.6) is 0 Å². The van der Waals surface area contributed by atoms with Crippen molar-refractivity contribution < 1.29 is 4.79 Å². The average Bonchev–Trinajstić information content (AvgIpc) is 3.20. The van der Waals surface area contributed by atoms with Gasteiger partial charge in [-0.05, 0) is 23.6 Å². The van der Waals surface area contributed by atoms with E-state index in [4.69, 9.17) is 5.73 Å². The summed E-state index contributed by atoms with van der Waals surface area (Å²) in [4.78, 5) is 18.1. The standard InChI is InChI=1S/C21H19N5OS/c22-18-13-17(19-21(23-18)25-26-24-19)28-20(15-9-5-2-6-10-15)16(27)12-11-14-7-3-1-4-8-14/h1-10,13,20H,11-12H2,(H3,22,23,24,25,26). The Labute approximate surface area is 166 Å². The smallest absolute Gasteiger partial charge is 0.204 e. The fourth-order valence-corrected chi connectivity index (χ4v) is 4.27. The lowest BCUT2D eigenvalue weighted by atomic mass is 10.0. The molecule has 0 aliphatic carbocycles. The van der Waals surface area contributed by atoms with Gasteiger partial charge in [0.1, 0.15) is 11.3 Å². The minimum absolute atomic E-state index is 0.159. The predicted octanol–water partition coefficient (Wildman–Crippen LogP) is 3.97. The van der Waals surface area contributed by atoms with Gasteiger partial charge in [-0.1, -0.05) is 60.7 Å². The van der Waals surface area contributed by atoms with E-state index in [1.54, 1.807) is 6.07 Å². The number of carbonyl (C=O) groups is 1. The van der Waals surface area contributed by atoms with Gasteiger partial charge in [0, 0.05) is 11.3 Å². The van der Waals surface area contributed by atoms with Crippen LogP contribution in [0.25, 0.3) is 11.2 Å². The number of ketones is 1. The summed E-state index contributed by atoms with van der Waals surface area (Å²) in [6, 6.07) is 21.6. The third-order valence-electron chi connectivity index (χ3n) is 4.42. The van der Waals surface area contributed by atoms with Crippen molar-refractivity contribution in [3.8, 4) is 0 Å². The van der Waals surface area contributed by atoms with Crippen LogP contribution in [-0.2, 0) is 11.2 Å². The zero-order valence-electron chi connectivity index (χ0n) is 15.1. The van der Waals surface area contributed by atoms with Crippen LogP contribution >= 0.6 is 11.8 Å². The molecular weight excluding hydrogens is 370 g/mol. The van der Waals surface area contributed by atoms with Crippen molar-refractivity contribution >= 4 is 34.5 Å². The van der Waals surface area contributed by atoms with Crippen LogP contribution in [0.4, 0.5) is 5.82 Å². The highest BCUT2D eigenvalue weighted by molar-refractivity contribution is 8.00. The summed E-state index contributed by atoms with van der Waals surface area (Å²) < 4.78 is 0. The monoisotopic (exact) mass is 389 g/mol. The molecule has 6 nitrogen and oxygen atoms in total. The maximum atomic E-state index is 13.2. The summed E-state index contributed by atoms with van der Waals surface area (Å²) in [6.45, 7) is 0. The van der Waals surface area contributed by atoms with Crippen LogP contribution in [0.1, 0.15) is 22.8 Å². The molecule has 0 amide bonds. The van der Waals surface area contributed by atoms with E-state index >= 15 is 0 Å². The largest absolute Gasteiger partial charge is 0.384 e. The highest BCUT2D eigenvalue weighted by Crippen LogP contribution is 2.39. The van der Waals surface area contributed by atoms with Gasteiger partial charge in [0.05, 0.1) is 5.25 Å². The van der Waals surface area contributed by atoms with Gasteiger partial charge in [-0.25, -0.2) is 4.98 Å². The van der Waals surface area contributed by atoms with E-state index in [9.17, 15) is 4.79 Å². The second-order valence-electron chi connectivity index (χ2n) is 6.40. The van der Waals surface area contributed by atoms with Crippen LogP contribution in [0.15, 0.2) is 71.6 Å². The van der Waals surface area contributed by atoms with E-state index in [0.29, 0.717) is 29.8 Å². The lowest BCUT2D eigenvalue weighted by Crippen LogP contribution is -2.11. The lowest BCUT2D eigenvalue weighted by molar-refractivity contribution is -0.118. The number of nitrogens with zero attached hydrogens (tertiary/aromatic N) is 3. The highest BCUT2D eigenvalue weighted by Gasteiger charge is 2.23. The summed E-state index contributed by atoms with van der Waals surface area (Å²) in [6.07, 6.45) is 1.17. The molecule has 7 heteroatoms. The summed E-state index contributed by atoms with van der Waals surface area (Å²) in [5, 5.41) is 10.4. The topological polar surface area (TPSA) is 97.6 Å². The molecule has 0 aliphatic heterocycles. The van der Waals surface area contributed by atoms with E-state index in [1.807, 2.05) is 60.7 Å². The first-order valence-electron chi connectivity index (χ1n) is 8.96. The number of fused-ring (bicyclic) bond motifs is 1. The van der Waals surface area contributed by atoms with Gasteiger partial charge in [0.2, 0.25) is 5.65 Å². The van der Waals surface area contributed by atoms with Gasteiger partial charge in [-0.2, -0.15) is 10.3 Å². The second kappa shape index (κ2) is 8.22. The van der Waals surface area contributed by atoms with Crippen LogP contribution in [0, 0.1) is 0 Å². The number of rotatable bonds is 7. The summed E-state index contributed by atoms with van der Waals surface area (Å²) >= 11 is 1.44. The predicted molar refractivity (Wildman–Crippen MR) is 111 cm³/mol. The number of aryl methyl sites for hydroxylation is 1. The molecule has 2 aromatic carbocycles. The van der Waals surface area contributed by atoms with Crippen molar-refractivity contribution in [2.24, 2.45) is 0 Å². The maximum Gasteiger partial charge on any atom is 0.204 e. The Kier molecular flexibility index (Phi) is 5.34. The number of nitrogens with two attached hydrogens (primary N) is 1. The van der Waals surface area contributed by atoms with E-state index in [-0.39, 0.29) is 11.0 Å². The normalized spacial score (nSPS) is 12.1. The molecule has 140 valence electrons. The number of hydrogen-bond acceptors (Lipinski definition) is 6. The molecule has 2 heterocycles. The molecule has 1 atom stereocenters. The van der Waals surface area contributed by atoms with Gasteiger partial charge in [-0.3, -0.25) is 4.79 Å². The number of hydrogen-bond donors (Lipinski definition) is 2. The Morgan fingerprint density at radius 1 is 1.04 bits per heavy atom. The number of nitrogens with one attached hydrogen (secondary N) is 1. The van der Waals surface area contributed by atoms with Crippen molar-refractivity contribution in [1.82, 2.24) is 20.4 Å². The molecule has 4 aromatic rings. The maximum absolute atomic E-state index is 13.2. The first-order valence-corrected chi connectivity index (χ1v) is 9.84. The van der Waals surface area contributed by atoms with Crippen molar-refractivity contribution in [2.45, 2.75) is 23.0 Å². The summed E-state index contributed by atoms with van der Waals surface area (Å²) in [5.41, 5.74) is 9.10.